The zero-order valence-corrected chi connectivity index (χ0v) is 9.58. The van der Waals surface area contributed by atoms with Crippen LogP contribution in [0.4, 0.5) is 0 Å². The second-order valence-corrected chi connectivity index (χ2v) is 3.89. The minimum atomic E-state index is 0.137. The molecule has 0 aliphatic heterocycles. The van der Waals surface area contributed by atoms with E-state index in [0.717, 1.165) is 12.1 Å². The lowest BCUT2D eigenvalue weighted by Gasteiger charge is -2.10. The van der Waals surface area contributed by atoms with Crippen molar-refractivity contribution in [3.63, 3.8) is 0 Å². The van der Waals surface area contributed by atoms with Gasteiger partial charge >= 0.3 is 0 Å². The number of carbonyl (C=O) groups excluding carboxylic acids is 1. The molecule has 82 valence electrons. The SMILES string of the molecule is CNCC(=O)c1cccc(CN(C)C)c1. The quantitative estimate of drug-likeness (QED) is 0.733. The number of likely N-dealkylation sites (N-methyl/N-ethyl adjacent to an activating group) is 1. The number of Topliss-reactive ketones (excluding diaryl/α,β-unsaturated/α-hetero) is 1. The summed E-state index contributed by atoms with van der Waals surface area (Å²) in [6.45, 7) is 1.26. The van der Waals surface area contributed by atoms with Crippen LogP contribution in [-0.2, 0) is 6.54 Å². The van der Waals surface area contributed by atoms with Crippen LogP contribution in [0.5, 0.6) is 0 Å². The molecule has 3 nitrogen and oxygen atoms in total. The van der Waals surface area contributed by atoms with E-state index in [1.54, 1.807) is 7.05 Å². The van der Waals surface area contributed by atoms with Crippen LogP contribution in [0.3, 0.4) is 0 Å². The maximum Gasteiger partial charge on any atom is 0.176 e. The molecular formula is C12H18N2O. The molecule has 0 amide bonds. The first kappa shape index (κ1) is 11.9. The molecule has 0 unspecified atom stereocenters. The Bertz CT molecular complexity index is 334. The molecule has 1 rings (SSSR count). The molecule has 0 saturated carbocycles. The van der Waals surface area contributed by atoms with Crippen molar-refractivity contribution in [3.05, 3.63) is 35.4 Å². The Hall–Kier alpha value is -1.19. The smallest absolute Gasteiger partial charge is 0.176 e. The van der Waals surface area contributed by atoms with Crippen LogP contribution < -0.4 is 5.32 Å². The molecule has 0 fully saturated rings. The first-order valence-corrected chi connectivity index (χ1v) is 5.05. The fourth-order valence-electron chi connectivity index (χ4n) is 1.47. The molecule has 0 saturated heterocycles. The van der Waals surface area contributed by atoms with Gasteiger partial charge < -0.3 is 10.2 Å². The number of rotatable bonds is 5. The van der Waals surface area contributed by atoms with Gasteiger partial charge in [-0.2, -0.15) is 0 Å². The predicted octanol–water partition coefficient (Wildman–Crippen LogP) is 1.15. The molecule has 1 aromatic rings. The van der Waals surface area contributed by atoms with Gasteiger partial charge in [0.25, 0.3) is 0 Å². The number of benzene rings is 1. The average Bonchev–Trinajstić information content (AvgIpc) is 2.17. The van der Waals surface area contributed by atoms with Crippen molar-refractivity contribution in [2.45, 2.75) is 6.54 Å². The van der Waals surface area contributed by atoms with Crippen LogP contribution >= 0.6 is 0 Å². The molecule has 0 heterocycles. The largest absolute Gasteiger partial charge is 0.313 e. The second-order valence-electron chi connectivity index (χ2n) is 3.89. The van der Waals surface area contributed by atoms with E-state index >= 15 is 0 Å². The van der Waals surface area contributed by atoms with Gasteiger partial charge in [-0.15, -0.1) is 0 Å². The topological polar surface area (TPSA) is 32.3 Å². The summed E-state index contributed by atoms with van der Waals surface area (Å²) in [5, 5.41) is 2.87. The molecule has 15 heavy (non-hydrogen) atoms. The molecule has 0 aromatic heterocycles. The summed E-state index contributed by atoms with van der Waals surface area (Å²) in [7, 11) is 5.81. The lowest BCUT2D eigenvalue weighted by molar-refractivity contribution is 0.0993. The summed E-state index contributed by atoms with van der Waals surface area (Å²) in [6, 6.07) is 7.79. The lowest BCUT2D eigenvalue weighted by atomic mass is 10.1. The molecule has 0 bridgehead atoms. The molecule has 0 spiro atoms. The number of hydrogen-bond donors (Lipinski definition) is 1. The second kappa shape index (κ2) is 5.63. The van der Waals surface area contributed by atoms with Gasteiger partial charge in [-0.05, 0) is 32.8 Å². The number of hydrogen-bond acceptors (Lipinski definition) is 3. The number of ketones is 1. The van der Waals surface area contributed by atoms with Crippen LogP contribution in [0.2, 0.25) is 0 Å². The Morgan fingerprint density at radius 3 is 2.73 bits per heavy atom. The van der Waals surface area contributed by atoms with E-state index in [-0.39, 0.29) is 5.78 Å². The maximum atomic E-state index is 11.6. The van der Waals surface area contributed by atoms with Gasteiger partial charge in [0.1, 0.15) is 0 Å². The summed E-state index contributed by atoms with van der Waals surface area (Å²) >= 11 is 0. The van der Waals surface area contributed by atoms with E-state index in [1.807, 2.05) is 38.4 Å². The van der Waals surface area contributed by atoms with E-state index in [1.165, 1.54) is 5.56 Å². The molecule has 0 aliphatic carbocycles. The van der Waals surface area contributed by atoms with Crippen molar-refractivity contribution in [1.82, 2.24) is 10.2 Å². The number of carbonyl (C=O) groups is 1. The highest BCUT2D eigenvalue weighted by Crippen LogP contribution is 2.07. The fourth-order valence-corrected chi connectivity index (χ4v) is 1.47. The van der Waals surface area contributed by atoms with Crippen LogP contribution in [0, 0.1) is 0 Å². The van der Waals surface area contributed by atoms with Crippen molar-refractivity contribution in [2.75, 3.05) is 27.7 Å². The third kappa shape index (κ3) is 3.81. The Morgan fingerprint density at radius 1 is 1.40 bits per heavy atom. The summed E-state index contributed by atoms with van der Waals surface area (Å²) in [4.78, 5) is 13.7. The molecule has 1 N–H and O–H groups in total. The number of nitrogens with zero attached hydrogens (tertiary/aromatic N) is 1. The molecule has 0 atom stereocenters. The van der Waals surface area contributed by atoms with Gasteiger partial charge in [0, 0.05) is 12.1 Å². The van der Waals surface area contributed by atoms with Crippen LogP contribution in [0.1, 0.15) is 15.9 Å². The van der Waals surface area contributed by atoms with Crippen molar-refractivity contribution in [2.24, 2.45) is 0 Å². The normalized spacial score (nSPS) is 10.7. The van der Waals surface area contributed by atoms with Crippen molar-refractivity contribution in [1.29, 1.82) is 0 Å². The Labute approximate surface area is 91.1 Å². The summed E-state index contributed by atoms with van der Waals surface area (Å²) < 4.78 is 0. The van der Waals surface area contributed by atoms with E-state index in [9.17, 15) is 4.79 Å². The molecule has 0 radical (unpaired) electrons. The Balaban J connectivity index is 2.78. The summed E-state index contributed by atoms with van der Waals surface area (Å²) in [6.07, 6.45) is 0. The van der Waals surface area contributed by atoms with Gasteiger partial charge in [-0.1, -0.05) is 18.2 Å². The van der Waals surface area contributed by atoms with Crippen molar-refractivity contribution in [3.8, 4) is 0 Å². The van der Waals surface area contributed by atoms with Crippen LogP contribution in [0.25, 0.3) is 0 Å². The van der Waals surface area contributed by atoms with Gasteiger partial charge in [-0.25, -0.2) is 0 Å². The molecular weight excluding hydrogens is 188 g/mol. The maximum absolute atomic E-state index is 11.6. The first-order valence-electron chi connectivity index (χ1n) is 5.05. The summed E-state index contributed by atoms with van der Waals surface area (Å²) in [5.74, 6) is 0.137. The highest BCUT2D eigenvalue weighted by Gasteiger charge is 2.05. The zero-order chi connectivity index (χ0) is 11.3. The van der Waals surface area contributed by atoms with Crippen molar-refractivity contribution < 1.29 is 4.79 Å². The highest BCUT2D eigenvalue weighted by molar-refractivity contribution is 5.97. The van der Waals surface area contributed by atoms with Gasteiger partial charge in [0.15, 0.2) is 5.78 Å². The van der Waals surface area contributed by atoms with E-state index in [4.69, 9.17) is 0 Å². The minimum Gasteiger partial charge on any atom is -0.313 e. The Morgan fingerprint density at radius 2 is 2.13 bits per heavy atom. The predicted molar refractivity (Wildman–Crippen MR) is 62.1 cm³/mol. The molecule has 1 aromatic carbocycles. The highest BCUT2D eigenvalue weighted by atomic mass is 16.1. The molecule has 3 heteroatoms. The van der Waals surface area contributed by atoms with E-state index in [0.29, 0.717) is 6.54 Å². The van der Waals surface area contributed by atoms with E-state index < -0.39 is 0 Å². The fraction of sp³-hybridized carbons (Fsp3) is 0.417. The first-order chi connectivity index (χ1) is 7.13. The van der Waals surface area contributed by atoms with Gasteiger partial charge in [0.2, 0.25) is 0 Å². The van der Waals surface area contributed by atoms with E-state index in [2.05, 4.69) is 10.2 Å². The minimum absolute atomic E-state index is 0.137. The monoisotopic (exact) mass is 206 g/mol. The third-order valence-electron chi connectivity index (χ3n) is 2.09. The van der Waals surface area contributed by atoms with Gasteiger partial charge in [-0.3, -0.25) is 4.79 Å². The van der Waals surface area contributed by atoms with Gasteiger partial charge in [0.05, 0.1) is 6.54 Å². The third-order valence-corrected chi connectivity index (χ3v) is 2.09. The Kier molecular flexibility index (Phi) is 4.46. The van der Waals surface area contributed by atoms with Crippen molar-refractivity contribution >= 4 is 5.78 Å². The zero-order valence-electron chi connectivity index (χ0n) is 9.58. The summed E-state index contributed by atoms with van der Waals surface area (Å²) in [5.41, 5.74) is 1.95. The standard InChI is InChI=1S/C12H18N2O/c1-13-8-12(15)11-6-4-5-10(7-11)9-14(2)3/h4-7,13H,8-9H2,1-3H3. The number of nitrogens with one attached hydrogen (secondary N) is 1. The molecule has 0 aliphatic rings. The lowest BCUT2D eigenvalue weighted by Crippen LogP contribution is -2.19. The van der Waals surface area contributed by atoms with Crippen LogP contribution in [-0.4, -0.2) is 38.4 Å². The average molecular weight is 206 g/mol. The van der Waals surface area contributed by atoms with Crippen LogP contribution in [0.15, 0.2) is 24.3 Å².